The molecular formula is C21H21F2N3O2. The van der Waals surface area contributed by atoms with Gasteiger partial charge in [-0.1, -0.05) is 6.07 Å². The van der Waals surface area contributed by atoms with Gasteiger partial charge in [0, 0.05) is 37.0 Å². The molecule has 2 heterocycles. The second-order valence-electron chi connectivity index (χ2n) is 7.17. The van der Waals surface area contributed by atoms with Gasteiger partial charge in [0.2, 0.25) is 11.8 Å². The summed E-state index contributed by atoms with van der Waals surface area (Å²) in [6.07, 6.45) is 2.69. The molecule has 1 N–H and O–H groups in total. The van der Waals surface area contributed by atoms with Crippen LogP contribution < -0.4 is 15.1 Å². The average Bonchev–Trinajstić information content (AvgIpc) is 3.07. The Bertz CT molecular complexity index is 932. The molecule has 5 nitrogen and oxygen atoms in total. The predicted molar refractivity (Wildman–Crippen MR) is 104 cm³/mol. The van der Waals surface area contributed by atoms with E-state index in [-0.39, 0.29) is 18.4 Å². The smallest absolute Gasteiger partial charge is 0.243 e. The second kappa shape index (κ2) is 7.58. The van der Waals surface area contributed by atoms with E-state index in [0.29, 0.717) is 42.9 Å². The number of benzene rings is 2. The molecule has 0 saturated carbocycles. The second-order valence-corrected chi connectivity index (χ2v) is 7.17. The summed E-state index contributed by atoms with van der Waals surface area (Å²) in [6.45, 7) is 1.18. The molecule has 1 fully saturated rings. The van der Waals surface area contributed by atoms with Crippen LogP contribution in [0, 0.1) is 11.6 Å². The van der Waals surface area contributed by atoms with E-state index < -0.39 is 11.6 Å². The maximum Gasteiger partial charge on any atom is 0.243 e. The molecule has 0 unspecified atom stereocenters. The third-order valence-corrected chi connectivity index (χ3v) is 5.15. The molecule has 0 aromatic heterocycles. The van der Waals surface area contributed by atoms with Crippen molar-refractivity contribution in [1.82, 2.24) is 0 Å². The Morgan fingerprint density at radius 2 is 1.89 bits per heavy atom. The number of fused-ring (bicyclic) bond motifs is 1. The van der Waals surface area contributed by atoms with Crippen molar-refractivity contribution in [2.24, 2.45) is 0 Å². The maximum absolute atomic E-state index is 14.3. The lowest BCUT2D eigenvalue weighted by molar-refractivity contribution is -0.117. The quantitative estimate of drug-likeness (QED) is 0.877. The zero-order valence-electron chi connectivity index (χ0n) is 15.4. The fourth-order valence-corrected chi connectivity index (χ4v) is 3.94. The fraction of sp³-hybridized carbons (Fsp3) is 0.333. The number of carbonyl (C=O) groups is 2. The number of carbonyl (C=O) groups excluding carboxylic acids is 2. The van der Waals surface area contributed by atoms with E-state index in [4.69, 9.17) is 0 Å². The molecule has 0 radical (unpaired) electrons. The zero-order chi connectivity index (χ0) is 19.7. The van der Waals surface area contributed by atoms with Crippen LogP contribution in [0.3, 0.4) is 0 Å². The van der Waals surface area contributed by atoms with Crippen molar-refractivity contribution in [1.29, 1.82) is 0 Å². The van der Waals surface area contributed by atoms with Gasteiger partial charge in [-0.2, -0.15) is 0 Å². The van der Waals surface area contributed by atoms with Crippen molar-refractivity contribution < 1.29 is 18.4 Å². The van der Waals surface area contributed by atoms with Crippen LogP contribution in [0.2, 0.25) is 0 Å². The third kappa shape index (κ3) is 3.69. The van der Waals surface area contributed by atoms with Crippen molar-refractivity contribution in [2.75, 3.05) is 34.8 Å². The zero-order valence-corrected chi connectivity index (χ0v) is 15.4. The first-order valence-electron chi connectivity index (χ1n) is 9.44. The number of hydrogen-bond donors (Lipinski definition) is 1. The number of anilines is 3. The van der Waals surface area contributed by atoms with Gasteiger partial charge < -0.3 is 15.1 Å². The fourth-order valence-electron chi connectivity index (χ4n) is 3.94. The van der Waals surface area contributed by atoms with Gasteiger partial charge in [-0.25, -0.2) is 8.78 Å². The van der Waals surface area contributed by atoms with Crippen LogP contribution in [0.4, 0.5) is 25.8 Å². The Hall–Kier alpha value is -2.96. The molecule has 0 spiro atoms. The van der Waals surface area contributed by atoms with E-state index in [9.17, 15) is 18.4 Å². The first kappa shape index (κ1) is 18.4. The summed E-state index contributed by atoms with van der Waals surface area (Å²) in [4.78, 5) is 27.8. The summed E-state index contributed by atoms with van der Waals surface area (Å²) in [5.74, 6) is -1.45. The number of rotatable bonds is 4. The van der Waals surface area contributed by atoms with Crippen LogP contribution in [0.1, 0.15) is 24.8 Å². The molecule has 2 aliphatic rings. The SMILES string of the molecule is O=C(CN1CCCc2cc(F)cc(F)c21)Nc1cccc(N2CCCC2=O)c1. The molecule has 2 aliphatic heterocycles. The Balaban J connectivity index is 1.47. The van der Waals surface area contributed by atoms with E-state index in [2.05, 4.69) is 5.32 Å². The molecule has 28 heavy (non-hydrogen) atoms. The van der Waals surface area contributed by atoms with Crippen molar-refractivity contribution in [3.63, 3.8) is 0 Å². The lowest BCUT2D eigenvalue weighted by Crippen LogP contribution is -2.37. The highest BCUT2D eigenvalue weighted by atomic mass is 19.1. The van der Waals surface area contributed by atoms with E-state index in [0.717, 1.165) is 24.6 Å². The monoisotopic (exact) mass is 385 g/mol. The Morgan fingerprint density at radius 3 is 2.68 bits per heavy atom. The van der Waals surface area contributed by atoms with Crippen LogP contribution in [-0.2, 0) is 16.0 Å². The van der Waals surface area contributed by atoms with Crippen LogP contribution >= 0.6 is 0 Å². The van der Waals surface area contributed by atoms with Gasteiger partial charge in [-0.05, 0) is 49.1 Å². The number of halogens is 2. The summed E-state index contributed by atoms with van der Waals surface area (Å²) < 4.78 is 27.7. The lowest BCUT2D eigenvalue weighted by Gasteiger charge is -2.31. The third-order valence-electron chi connectivity index (χ3n) is 5.15. The van der Waals surface area contributed by atoms with Gasteiger partial charge in [0.15, 0.2) is 0 Å². The number of nitrogens with one attached hydrogen (secondary N) is 1. The summed E-state index contributed by atoms with van der Waals surface area (Å²) in [6, 6.07) is 9.33. The maximum atomic E-state index is 14.3. The minimum absolute atomic E-state index is 0.0254. The minimum atomic E-state index is -0.642. The molecule has 2 aromatic carbocycles. The number of hydrogen-bond acceptors (Lipinski definition) is 3. The first-order chi connectivity index (χ1) is 13.5. The minimum Gasteiger partial charge on any atom is -0.360 e. The highest BCUT2D eigenvalue weighted by molar-refractivity contribution is 5.98. The van der Waals surface area contributed by atoms with Gasteiger partial charge in [0.05, 0.1) is 12.2 Å². The largest absolute Gasteiger partial charge is 0.360 e. The van der Waals surface area contributed by atoms with Gasteiger partial charge in [-0.15, -0.1) is 0 Å². The van der Waals surface area contributed by atoms with Gasteiger partial charge >= 0.3 is 0 Å². The summed E-state index contributed by atoms with van der Waals surface area (Å²) in [5, 5.41) is 2.81. The first-order valence-corrected chi connectivity index (χ1v) is 9.44. The topological polar surface area (TPSA) is 52.7 Å². The Kier molecular flexibility index (Phi) is 4.98. The van der Waals surface area contributed by atoms with Crippen LogP contribution in [0.5, 0.6) is 0 Å². The van der Waals surface area contributed by atoms with Crippen molar-refractivity contribution in [2.45, 2.75) is 25.7 Å². The number of nitrogens with zero attached hydrogens (tertiary/aromatic N) is 2. The molecule has 0 atom stereocenters. The summed E-state index contributed by atoms with van der Waals surface area (Å²) in [7, 11) is 0. The van der Waals surface area contributed by atoms with E-state index in [1.165, 1.54) is 6.07 Å². The molecule has 0 aliphatic carbocycles. The van der Waals surface area contributed by atoms with E-state index >= 15 is 0 Å². The van der Waals surface area contributed by atoms with Crippen LogP contribution in [0.15, 0.2) is 36.4 Å². The Morgan fingerprint density at radius 1 is 1.07 bits per heavy atom. The Labute approximate surface area is 161 Å². The molecule has 0 bridgehead atoms. The predicted octanol–water partition coefficient (Wildman–Crippen LogP) is 3.48. The number of amides is 2. The van der Waals surface area contributed by atoms with Crippen molar-refractivity contribution in [3.05, 3.63) is 53.6 Å². The lowest BCUT2D eigenvalue weighted by atomic mass is 10.0. The normalized spacial score (nSPS) is 16.3. The standard InChI is InChI=1S/C21H21F2N3O2/c22-15-10-14-4-2-8-25(21(14)18(23)11-15)13-19(27)24-16-5-1-6-17(12-16)26-9-3-7-20(26)28/h1,5-6,10-12H,2-4,7-9,13H2,(H,24,27). The van der Waals surface area contributed by atoms with Crippen LogP contribution in [0.25, 0.3) is 0 Å². The molecule has 7 heteroatoms. The van der Waals surface area contributed by atoms with E-state index in [1.807, 2.05) is 6.07 Å². The molecule has 4 rings (SSSR count). The average molecular weight is 385 g/mol. The molecule has 2 amide bonds. The number of aryl methyl sites for hydroxylation is 1. The van der Waals surface area contributed by atoms with Gasteiger partial charge in [-0.3, -0.25) is 9.59 Å². The van der Waals surface area contributed by atoms with Gasteiger partial charge in [0.1, 0.15) is 11.6 Å². The molecular weight excluding hydrogens is 364 g/mol. The van der Waals surface area contributed by atoms with Crippen molar-refractivity contribution in [3.8, 4) is 0 Å². The van der Waals surface area contributed by atoms with Gasteiger partial charge in [0.25, 0.3) is 0 Å². The van der Waals surface area contributed by atoms with E-state index in [1.54, 1.807) is 28.0 Å². The molecule has 146 valence electrons. The molecule has 1 saturated heterocycles. The highest BCUT2D eigenvalue weighted by Gasteiger charge is 2.24. The molecule has 2 aromatic rings. The highest BCUT2D eigenvalue weighted by Crippen LogP contribution is 2.31. The summed E-state index contributed by atoms with van der Waals surface area (Å²) in [5.41, 5.74) is 2.23. The summed E-state index contributed by atoms with van der Waals surface area (Å²) >= 11 is 0. The van der Waals surface area contributed by atoms with Crippen LogP contribution in [-0.4, -0.2) is 31.4 Å². The van der Waals surface area contributed by atoms with Crippen molar-refractivity contribution >= 4 is 28.9 Å².